The van der Waals surface area contributed by atoms with Gasteiger partial charge in [-0.25, -0.2) is 9.07 Å². The molecule has 0 bridgehead atoms. The number of nitrogens with one attached hydrogen (secondary N) is 1. The number of halogens is 1. The highest BCUT2D eigenvalue weighted by atomic mass is 19.1. The number of aryl methyl sites for hydroxylation is 1. The molecule has 2 aromatic rings. The van der Waals surface area contributed by atoms with Gasteiger partial charge in [0, 0.05) is 19.4 Å². The Labute approximate surface area is 150 Å². The summed E-state index contributed by atoms with van der Waals surface area (Å²) in [5.41, 5.74) is 0.794. The molecular weight excluding hydrogens is 341 g/mol. The van der Waals surface area contributed by atoms with E-state index in [1.54, 1.807) is 19.1 Å². The molecule has 0 saturated heterocycles. The van der Waals surface area contributed by atoms with Crippen LogP contribution < -0.4 is 5.32 Å². The topological polar surface area (TPSA) is 110 Å². The summed E-state index contributed by atoms with van der Waals surface area (Å²) >= 11 is 0. The number of rotatable bonds is 10. The standard InChI is InChI=1S/C17H22FN5O3/c1-12-20-21-22-23(12)15(11-13-6-8-14(18)9-7-13)17(26)19-10-4-2-3-5-16(24)25/h6-9,15H,2-5,10-11H2,1H3,(H,19,26)(H,24,25). The van der Waals surface area contributed by atoms with E-state index < -0.39 is 12.0 Å². The van der Waals surface area contributed by atoms with E-state index in [4.69, 9.17) is 5.11 Å². The van der Waals surface area contributed by atoms with E-state index in [9.17, 15) is 14.0 Å². The van der Waals surface area contributed by atoms with Gasteiger partial charge < -0.3 is 10.4 Å². The van der Waals surface area contributed by atoms with Crippen molar-refractivity contribution in [3.63, 3.8) is 0 Å². The number of aliphatic carboxylic acids is 1. The lowest BCUT2D eigenvalue weighted by atomic mass is 10.0. The van der Waals surface area contributed by atoms with Gasteiger partial charge in [-0.2, -0.15) is 0 Å². The van der Waals surface area contributed by atoms with E-state index in [0.717, 1.165) is 12.0 Å². The Balaban J connectivity index is 1.95. The van der Waals surface area contributed by atoms with Crippen LogP contribution in [0, 0.1) is 12.7 Å². The third kappa shape index (κ3) is 5.91. The van der Waals surface area contributed by atoms with Gasteiger partial charge in [0.1, 0.15) is 17.7 Å². The molecule has 2 rings (SSSR count). The van der Waals surface area contributed by atoms with Crippen molar-refractivity contribution < 1.29 is 19.1 Å². The van der Waals surface area contributed by atoms with E-state index in [1.807, 2.05) is 0 Å². The van der Waals surface area contributed by atoms with Crippen LogP contribution in [0.15, 0.2) is 24.3 Å². The third-order valence-electron chi connectivity index (χ3n) is 3.96. The number of amides is 1. The molecule has 0 fully saturated rings. The van der Waals surface area contributed by atoms with Gasteiger partial charge >= 0.3 is 5.97 Å². The van der Waals surface area contributed by atoms with E-state index >= 15 is 0 Å². The normalized spacial score (nSPS) is 11.9. The first-order chi connectivity index (χ1) is 12.5. The molecule has 0 saturated carbocycles. The van der Waals surface area contributed by atoms with Crippen LogP contribution in [0.3, 0.4) is 0 Å². The smallest absolute Gasteiger partial charge is 0.303 e. The number of unbranched alkanes of at least 4 members (excludes halogenated alkanes) is 2. The Kier molecular flexibility index (Phi) is 7.19. The molecular formula is C17H22FN5O3. The second-order valence-corrected chi connectivity index (χ2v) is 6.01. The highest BCUT2D eigenvalue weighted by Crippen LogP contribution is 2.15. The number of carbonyl (C=O) groups is 2. The minimum absolute atomic E-state index is 0.130. The molecule has 1 aromatic carbocycles. The molecule has 1 atom stereocenters. The van der Waals surface area contributed by atoms with Gasteiger partial charge in [-0.1, -0.05) is 18.6 Å². The number of carbonyl (C=O) groups excluding carboxylic acids is 1. The van der Waals surface area contributed by atoms with Gasteiger partial charge in [0.25, 0.3) is 0 Å². The minimum Gasteiger partial charge on any atom is -0.481 e. The Morgan fingerprint density at radius 1 is 1.23 bits per heavy atom. The lowest BCUT2D eigenvalue weighted by Crippen LogP contribution is -2.35. The number of hydrogen-bond donors (Lipinski definition) is 2. The third-order valence-corrected chi connectivity index (χ3v) is 3.96. The summed E-state index contributed by atoms with van der Waals surface area (Å²) in [6.07, 6.45) is 2.45. The van der Waals surface area contributed by atoms with Gasteiger partial charge in [0.15, 0.2) is 0 Å². The van der Waals surface area contributed by atoms with Crippen LogP contribution in [0.2, 0.25) is 0 Å². The van der Waals surface area contributed by atoms with E-state index in [-0.39, 0.29) is 18.1 Å². The Bertz CT molecular complexity index is 732. The van der Waals surface area contributed by atoms with E-state index in [2.05, 4.69) is 20.8 Å². The molecule has 1 unspecified atom stereocenters. The molecule has 1 amide bonds. The molecule has 8 nitrogen and oxygen atoms in total. The lowest BCUT2D eigenvalue weighted by Gasteiger charge is -2.17. The first-order valence-corrected chi connectivity index (χ1v) is 8.46. The second kappa shape index (κ2) is 9.59. The van der Waals surface area contributed by atoms with Crippen molar-refractivity contribution in [2.24, 2.45) is 0 Å². The van der Waals surface area contributed by atoms with Crippen LogP contribution >= 0.6 is 0 Å². The van der Waals surface area contributed by atoms with Crippen molar-refractivity contribution in [1.82, 2.24) is 25.5 Å². The monoisotopic (exact) mass is 363 g/mol. The maximum atomic E-state index is 13.1. The number of tetrazole rings is 1. The number of benzene rings is 1. The molecule has 1 aromatic heterocycles. The van der Waals surface area contributed by atoms with Gasteiger partial charge in [-0.3, -0.25) is 9.59 Å². The zero-order valence-corrected chi connectivity index (χ0v) is 14.6. The van der Waals surface area contributed by atoms with Crippen molar-refractivity contribution >= 4 is 11.9 Å². The van der Waals surface area contributed by atoms with Gasteiger partial charge in [-0.05, 0) is 47.9 Å². The molecule has 0 spiro atoms. The Hall–Kier alpha value is -2.84. The van der Waals surface area contributed by atoms with Crippen LogP contribution in [0.1, 0.15) is 43.1 Å². The summed E-state index contributed by atoms with van der Waals surface area (Å²) in [6.45, 7) is 2.15. The summed E-state index contributed by atoms with van der Waals surface area (Å²) < 4.78 is 14.5. The molecule has 0 aliphatic heterocycles. The fourth-order valence-electron chi connectivity index (χ4n) is 2.57. The number of hydrogen-bond acceptors (Lipinski definition) is 5. The van der Waals surface area contributed by atoms with Crippen LogP contribution in [0.5, 0.6) is 0 Å². The summed E-state index contributed by atoms with van der Waals surface area (Å²) in [5.74, 6) is -0.881. The number of nitrogens with zero attached hydrogens (tertiary/aromatic N) is 4. The molecule has 1 heterocycles. The molecule has 9 heteroatoms. The first kappa shape index (κ1) is 19.5. The fourth-order valence-corrected chi connectivity index (χ4v) is 2.57. The molecule has 0 aliphatic rings. The number of aromatic nitrogens is 4. The summed E-state index contributed by atoms with van der Waals surface area (Å²) in [6, 6.07) is 5.30. The number of carboxylic acids is 1. The number of carboxylic acid groups (broad SMARTS) is 1. The largest absolute Gasteiger partial charge is 0.481 e. The van der Waals surface area contributed by atoms with Crippen molar-refractivity contribution in [3.05, 3.63) is 41.5 Å². The van der Waals surface area contributed by atoms with Crippen LogP contribution in [0.4, 0.5) is 4.39 Å². The average molecular weight is 363 g/mol. The predicted molar refractivity (Wildman–Crippen MR) is 90.8 cm³/mol. The van der Waals surface area contributed by atoms with Crippen molar-refractivity contribution in [1.29, 1.82) is 0 Å². The van der Waals surface area contributed by atoms with E-state index in [1.165, 1.54) is 16.8 Å². The van der Waals surface area contributed by atoms with Crippen molar-refractivity contribution in [2.75, 3.05) is 6.54 Å². The SMILES string of the molecule is Cc1nnnn1C(Cc1ccc(F)cc1)C(=O)NCCCCCC(=O)O. The fraction of sp³-hybridized carbons (Fsp3) is 0.471. The molecule has 26 heavy (non-hydrogen) atoms. The Morgan fingerprint density at radius 3 is 2.58 bits per heavy atom. The van der Waals surface area contributed by atoms with Crippen LogP contribution in [-0.2, 0) is 16.0 Å². The predicted octanol–water partition coefficient (Wildman–Crippen LogP) is 1.67. The molecule has 0 aliphatic carbocycles. The van der Waals surface area contributed by atoms with E-state index in [0.29, 0.717) is 31.6 Å². The molecule has 140 valence electrons. The zero-order chi connectivity index (χ0) is 18.9. The van der Waals surface area contributed by atoms with Crippen molar-refractivity contribution in [2.45, 2.75) is 45.1 Å². The van der Waals surface area contributed by atoms with Crippen molar-refractivity contribution in [3.8, 4) is 0 Å². The summed E-state index contributed by atoms with van der Waals surface area (Å²) in [5, 5.41) is 22.7. The quantitative estimate of drug-likeness (QED) is 0.621. The summed E-state index contributed by atoms with van der Waals surface area (Å²) in [7, 11) is 0. The van der Waals surface area contributed by atoms with Crippen LogP contribution in [0.25, 0.3) is 0 Å². The summed E-state index contributed by atoms with van der Waals surface area (Å²) in [4.78, 5) is 23.1. The molecule has 0 radical (unpaired) electrons. The van der Waals surface area contributed by atoms with Gasteiger partial charge in [0.2, 0.25) is 5.91 Å². The average Bonchev–Trinajstić information content (AvgIpc) is 3.02. The highest BCUT2D eigenvalue weighted by Gasteiger charge is 2.23. The maximum absolute atomic E-state index is 13.1. The second-order valence-electron chi connectivity index (χ2n) is 6.01. The maximum Gasteiger partial charge on any atom is 0.303 e. The lowest BCUT2D eigenvalue weighted by molar-refractivity contribution is -0.137. The van der Waals surface area contributed by atoms with Gasteiger partial charge in [0.05, 0.1) is 0 Å². The Morgan fingerprint density at radius 2 is 1.96 bits per heavy atom. The highest BCUT2D eigenvalue weighted by molar-refractivity contribution is 5.80. The zero-order valence-electron chi connectivity index (χ0n) is 14.6. The molecule has 2 N–H and O–H groups in total. The minimum atomic E-state index is -0.817. The van der Waals surface area contributed by atoms with Gasteiger partial charge in [-0.15, -0.1) is 5.10 Å². The van der Waals surface area contributed by atoms with Crippen LogP contribution in [-0.4, -0.2) is 43.7 Å². The first-order valence-electron chi connectivity index (χ1n) is 8.46.